The van der Waals surface area contributed by atoms with Gasteiger partial charge in [-0.15, -0.1) is 11.3 Å². The molecule has 86 valence electrons. The van der Waals surface area contributed by atoms with Crippen molar-refractivity contribution in [2.24, 2.45) is 0 Å². The van der Waals surface area contributed by atoms with Crippen molar-refractivity contribution in [3.8, 4) is 0 Å². The molecule has 0 spiro atoms. The van der Waals surface area contributed by atoms with E-state index in [0.717, 1.165) is 25.8 Å². The van der Waals surface area contributed by atoms with Crippen LogP contribution in [-0.2, 0) is 12.8 Å². The Hall–Kier alpha value is -0.380. The lowest BCUT2D eigenvalue weighted by molar-refractivity contribution is 0.173. The third-order valence-electron chi connectivity index (χ3n) is 2.31. The van der Waals surface area contributed by atoms with E-state index in [4.69, 9.17) is 0 Å². The molecule has 0 saturated heterocycles. The first-order chi connectivity index (χ1) is 7.26. The fourth-order valence-electron chi connectivity index (χ4n) is 1.47. The molecule has 0 aliphatic rings. The Kier molecular flexibility index (Phi) is 5.91. The van der Waals surface area contributed by atoms with Crippen LogP contribution < -0.4 is 5.32 Å². The Balaban J connectivity index is 2.27. The maximum Gasteiger partial charge on any atom is 0.0712 e. The highest BCUT2D eigenvalue weighted by molar-refractivity contribution is 7.11. The number of thiophene rings is 1. The topological polar surface area (TPSA) is 32.3 Å². The molecule has 0 fully saturated rings. The molecular weight excluding hydrogens is 206 g/mol. The van der Waals surface area contributed by atoms with Crippen molar-refractivity contribution in [2.75, 3.05) is 13.1 Å². The summed E-state index contributed by atoms with van der Waals surface area (Å²) in [6.45, 7) is 5.98. The van der Waals surface area contributed by atoms with Crippen LogP contribution in [0.1, 0.15) is 30.0 Å². The summed E-state index contributed by atoms with van der Waals surface area (Å²) in [6.07, 6.45) is 2.74. The van der Waals surface area contributed by atoms with Crippen LogP contribution in [0.4, 0.5) is 0 Å². The van der Waals surface area contributed by atoms with E-state index in [-0.39, 0.29) is 6.10 Å². The molecule has 1 heterocycles. The summed E-state index contributed by atoms with van der Waals surface area (Å²) in [7, 11) is 0. The Labute approximate surface area is 96.3 Å². The normalized spacial score (nSPS) is 13.0. The van der Waals surface area contributed by atoms with E-state index >= 15 is 0 Å². The number of hydrogen-bond donors (Lipinski definition) is 2. The van der Waals surface area contributed by atoms with Crippen LogP contribution in [0.25, 0.3) is 0 Å². The minimum atomic E-state index is -0.250. The molecule has 0 aliphatic heterocycles. The number of aryl methyl sites for hydroxylation is 1. The van der Waals surface area contributed by atoms with E-state index in [9.17, 15) is 5.11 Å². The molecule has 2 nitrogen and oxygen atoms in total. The van der Waals surface area contributed by atoms with Gasteiger partial charge in [-0.05, 0) is 31.5 Å². The van der Waals surface area contributed by atoms with Crippen LogP contribution in [0.15, 0.2) is 12.1 Å². The zero-order valence-corrected chi connectivity index (χ0v) is 10.4. The van der Waals surface area contributed by atoms with Gasteiger partial charge >= 0.3 is 0 Å². The van der Waals surface area contributed by atoms with Crippen LogP contribution in [0, 0.1) is 0 Å². The van der Waals surface area contributed by atoms with Gasteiger partial charge in [-0.25, -0.2) is 0 Å². The maximum atomic E-state index is 9.76. The van der Waals surface area contributed by atoms with Crippen molar-refractivity contribution in [1.29, 1.82) is 0 Å². The average molecular weight is 227 g/mol. The van der Waals surface area contributed by atoms with E-state index in [1.165, 1.54) is 9.75 Å². The lowest BCUT2D eigenvalue weighted by atomic mass is 10.2. The molecule has 0 aliphatic carbocycles. The molecule has 0 aromatic carbocycles. The number of aliphatic hydroxyl groups is 1. The number of aliphatic hydroxyl groups excluding tert-OH is 1. The molecule has 0 amide bonds. The summed E-state index contributed by atoms with van der Waals surface area (Å²) >= 11 is 1.81. The van der Waals surface area contributed by atoms with Crippen LogP contribution in [0.2, 0.25) is 0 Å². The Morgan fingerprint density at radius 2 is 2.07 bits per heavy atom. The van der Waals surface area contributed by atoms with Gasteiger partial charge in [0.2, 0.25) is 0 Å². The van der Waals surface area contributed by atoms with E-state index in [1.807, 2.05) is 11.3 Å². The highest BCUT2D eigenvalue weighted by Gasteiger charge is 2.06. The summed E-state index contributed by atoms with van der Waals surface area (Å²) < 4.78 is 0. The molecule has 1 aromatic rings. The summed E-state index contributed by atoms with van der Waals surface area (Å²) in [4.78, 5) is 2.69. The van der Waals surface area contributed by atoms with Gasteiger partial charge in [0, 0.05) is 22.7 Å². The molecule has 1 aromatic heterocycles. The predicted molar refractivity (Wildman–Crippen MR) is 66.6 cm³/mol. The van der Waals surface area contributed by atoms with Gasteiger partial charge < -0.3 is 10.4 Å². The first kappa shape index (κ1) is 12.7. The van der Waals surface area contributed by atoms with Crippen molar-refractivity contribution >= 4 is 11.3 Å². The Morgan fingerprint density at radius 1 is 1.33 bits per heavy atom. The quantitative estimate of drug-likeness (QED) is 0.700. The molecule has 0 saturated carbocycles. The maximum absolute atomic E-state index is 9.76. The molecule has 1 rings (SSSR count). The fourth-order valence-corrected chi connectivity index (χ4v) is 2.50. The van der Waals surface area contributed by atoms with Crippen molar-refractivity contribution in [3.05, 3.63) is 21.9 Å². The second kappa shape index (κ2) is 6.99. The molecule has 15 heavy (non-hydrogen) atoms. The van der Waals surface area contributed by atoms with Crippen molar-refractivity contribution < 1.29 is 5.11 Å². The highest BCUT2D eigenvalue weighted by atomic mass is 32.1. The van der Waals surface area contributed by atoms with Crippen LogP contribution in [0.5, 0.6) is 0 Å². The van der Waals surface area contributed by atoms with Crippen molar-refractivity contribution in [2.45, 2.75) is 39.2 Å². The molecule has 2 N–H and O–H groups in total. The van der Waals surface area contributed by atoms with E-state index in [0.29, 0.717) is 6.54 Å². The van der Waals surface area contributed by atoms with Gasteiger partial charge in [0.1, 0.15) is 0 Å². The second-order valence-corrected chi connectivity index (χ2v) is 5.04. The van der Waals surface area contributed by atoms with E-state index in [2.05, 4.69) is 31.3 Å². The number of nitrogens with one attached hydrogen (secondary N) is 1. The first-order valence-electron chi connectivity index (χ1n) is 5.72. The first-order valence-corrected chi connectivity index (χ1v) is 6.54. The van der Waals surface area contributed by atoms with Gasteiger partial charge in [0.15, 0.2) is 0 Å². The summed E-state index contributed by atoms with van der Waals surface area (Å²) in [5.41, 5.74) is 0. The number of hydrogen-bond acceptors (Lipinski definition) is 3. The molecule has 3 heteroatoms. The lowest BCUT2D eigenvalue weighted by Crippen LogP contribution is -2.28. The van der Waals surface area contributed by atoms with E-state index < -0.39 is 0 Å². The van der Waals surface area contributed by atoms with Crippen molar-refractivity contribution in [3.63, 3.8) is 0 Å². The number of rotatable bonds is 7. The monoisotopic (exact) mass is 227 g/mol. The average Bonchev–Trinajstić information content (AvgIpc) is 2.66. The van der Waals surface area contributed by atoms with Gasteiger partial charge in [-0.1, -0.05) is 13.8 Å². The Morgan fingerprint density at radius 3 is 2.67 bits per heavy atom. The van der Waals surface area contributed by atoms with Gasteiger partial charge in [0.25, 0.3) is 0 Å². The fraction of sp³-hybridized carbons (Fsp3) is 0.667. The second-order valence-electron chi connectivity index (χ2n) is 3.78. The van der Waals surface area contributed by atoms with Gasteiger partial charge in [0.05, 0.1) is 6.10 Å². The summed E-state index contributed by atoms with van der Waals surface area (Å²) in [6, 6.07) is 4.29. The minimum absolute atomic E-state index is 0.250. The predicted octanol–water partition coefficient (Wildman–Crippen LogP) is 2.21. The Bertz CT molecular complexity index is 272. The smallest absolute Gasteiger partial charge is 0.0712 e. The summed E-state index contributed by atoms with van der Waals surface area (Å²) in [5, 5.41) is 13.0. The highest BCUT2D eigenvalue weighted by Crippen LogP contribution is 2.18. The van der Waals surface area contributed by atoms with E-state index in [1.54, 1.807) is 0 Å². The zero-order chi connectivity index (χ0) is 11.1. The van der Waals surface area contributed by atoms with Gasteiger partial charge in [-0.3, -0.25) is 0 Å². The minimum Gasteiger partial charge on any atom is -0.391 e. The third-order valence-corrected chi connectivity index (χ3v) is 3.56. The van der Waals surface area contributed by atoms with Gasteiger partial charge in [-0.2, -0.15) is 0 Å². The SMILES string of the molecule is CCCNCC(O)Cc1ccc(CC)s1. The van der Waals surface area contributed by atoms with Crippen LogP contribution >= 0.6 is 11.3 Å². The molecular formula is C12H21NOS. The largest absolute Gasteiger partial charge is 0.391 e. The standard InChI is InChI=1S/C12H21NOS/c1-3-7-13-9-10(14)8-12-6-5-11(4-2)15-12/h5-6,10,13-14H,3-4,7-9H2,1-2H3. The third kappa shape index (κ3) is 4.78. The van der Waals surface area contributed by atoms with Crippen LogP contribution in [-0.4, -0.2) is 24.3 Å². The van der Waals surface area contributed by atoms with Crippen LogP contribution in [0.3, 0.4) is 0 Å². The molecule has 0 radical (unpaired) electrons. The molecule has 1 unspecified atom stereocenters. The molecule has 1 atom stereocenters. The lowest BCUT2D eigenvalue weighted by Gasteiger charge is -2.09. The summed E-state index contributed by atoms with van der Waals surface area (Å²) in [5.74, 6) is 0. The zero-order valence-electron chi connectivity index (χ0n) is 9.62. The van der Waals surface area contributed by atoms with Crippen molar-refractivity contribution in [1.82, 2.24) is 5.32 Å². The molecule has 0 bridgehead atoms.